The maximum atomic E-state index is 13.1. The summed E-state index contributed by atoms with van der Waals surface area (Å²) >= 11 is 5.97. The van der Waals surface area contributed by atoms with Crippen LogP contribution in [0.3, 0.4) is 0 Å². The van der Waals surface area contributed by atoms with Gasteiger partial charge in [-0.3, -0.25) is 0 Å². The molecule has 0 bridgehead atoms. The summed E-state index contributed by atoms with van der Waals surface area (Å²) < 4.78 is 18.6. The zero-order valence-corrected chi connectivity index (χ0v) is 10.4. The van der Waals surface area contributed by atoms with Gasteiger partial charge in [-0.15, -0.1) is 0 Å². The van der Waals surface area contributed by atoms with Crippen LogP contribution in [0.1, 0.15) is 24.5 Å². The second-order valence-electron chi connectivity index (χ2n) is 3.94. The van der Waals surface area contributed by atoms with Gasteiger partial charge >= 0.3 is 0 Å². The van der Waals surface area contributed by atoms with Crippen LogP contribution in [0, 0.1) is 12.7 Å². The average Bonchev–Trinajstić information content (AvgIpc) is 2.70. The third-order valence-corrected chi connectivity index (χ3v) is 2.82. The van der Waals surface area contributed by atoms with E-state index >= 15 is 0 Å². The molecule has 0 amide bonds. The van der Waals surface area contributed by atoms with Crippen molar-refractivity contribution in [3.05, 3.63) is 52.7 Å². The largest absolute Gasteiger partial charge is 0.464 e. The second kappa shape index (κ2) is 4.80. The number of rotatable bonds is 3. The first-order chi connectivity index (χ1) is 8.06. The average molecular weight is 254 g/mol. The first kappa shape index (κ1) is 12.0. The van der Waals surface area contributed by atoms with Gasteiger partial charge in [0.25, 0.3) is 0 Å². The van der Waals surface area contributed by atoms with E-state index in [0.29, 0.717) is 10.7 Å². The smallest absolute Gasteiger partial charge is 0.126 e. The second-order valence-corrected chi connectivity index (χ2v) is 4.35. The van der Waals surface area contributed by atoms with Crippen molar-refractivity contribution in [1.29, 1.82) is 0 Å². The highest BCUT2D eigenvalue weighted by Crippen LogP contribution is 2.27. The van der Waals surface area contributed by atoms with Crippen LogP contribution in [0.25, 0.3) is 0 Å². The Kier molecular flexibility index (Phi) is 3.38. The molecular formula is C13H13ClFNO. The Morgan fingerprint density at radius 3 is 2.71 bits per heavy atom. The highest BCUT2D eigenvalue weighted by atomic mass is 35.5. The van der Waals surface area contributed by atoms with Crippen LogP contribution < -0.4 is 5.32 Å². The minimum Gasteiger partial charge on any atom is -0.464 e. The molecule has 17 heavy (non-hydrogen) atoms. The van der Waals surface area contributed by atoms with Crippen molar-refractivity contribution in [2.45, 2.75) is 19.9 Å². The third kappa shape index (κ3) is 2.80. The van der Waals surface area contributed by atoms with E-state index in [0.717, 1.165) is 11.5 Å². The van der Waals surface area contributed by atoms with Crippen molar-refractivity contribution < 1.29 is 8.81 Å². The summed E-state index contributed by atoms with van der Waals surface area (Å²) in [7, 11) is 0. The number of benzene rings is 1. The van der Waals surface area contributed by atoms with Crippen molar-refractivity contribution in [3.63, 3.8) is 0 Å². The van der Waals surface area contributed by atoms with Crippen LogP contribution >= 0.6 is 11.6 Å². The maximum absolute atomic E-state index is 13.1. The molecular weight excluding hydrogens is 241 g/mol. The fraction of sp³-hybridized carbons (Fsp3) is 0.231. The molecule has 0 fully saturated rings. The maximum Gasteiger partial charge on any atom is 0.126 e. The van der Waals surface area contributed by atoms with E-state index in [1.165, 1.54) is 18.2 Å². The number of halogens is 2. The highest BCUT2D eigenvalue weighted by Gasteiger charge is 2.11. The molecule has 1 heterocycles. The highest BCUT2D eigenvalue weighted by molar-refractivity contribution is 6.33. The molecule has 1 atom stereocenters. The summed E-state index contributed by atoms with van der Waals surface area (Å²) in [6.07, 6.45) is 0. The molecule has 0 saturated heterocycles. The van der Waals surface area contributed by atoms with E-state index in [1.807, 2.05) is 26.0 Å². The molecule has 1 aromatic heterocycles. The third-order valence-electron chi connectivity index (χ3n) is 2.49. The van der Waals surface area contributed by atoms with E-state index in [2.05, 4.69) is 5.32 Å². The van der Waals surface area contributed by atoms with Crippen molar-refractivity contribution in [2.75, 3.05) is 5.32 Å². The fourth-order valence-electron chi connectivity index (χ4n) is 1.60. The predicted octanol–water partition coefficient (Wildman–Crippen LogP) is 4.55. The van der Waals surface area contributed by atoms with Crippen LogP contribution in [0.4, 0.5) is 10.1 Å². The summed E-state index contributed by atoms with van der Waals surface area (Å²) in [4.78, 5) is 0. The van der Waals surface area contributed by atoms with E-state index in [4.69, 9.17) is 16.0 Å². The van der Waals surface area contributed by atoms with Crippen LogP contribution in [-0.2, 0) is 0 Å². The predicted molar refractivity (Wildman–Crippen MR) is 66.9 cm³/mol. The van der Waals surface area contributed by atoms with Crippen LogP contribution in [0.5, 0.6) is 0 Å². The molecule has 0 spiro atoms. The first-order valence-electron chi connectivity index (χ1n) is 5.34. The molecule has 2 rings (SSSR count). The number of hydrogen-bond acceptors (Lipinski definition) is 2. The zero-order valence-electron chi connectivity index (χ0n) is 9.63. The molecule has 0 aliphatic carbocycles. The lowest BCUT2D eigenvalue weighted by molar-refractivity contribution is 0.467. The summed E-state index contributed by atoms with van der Waals surface area (Å²) in [5.74, 6) is 1.32. The Morgan fingerprint density at radius 1 is 1.29 bits per heavy atom. The summed E-state index contributed by atoms with van der Waals surface area (Å²) in [6, 6.07) is 7.94. The molecule has 1 unspecified atom stereocenters. The molecule has 1 N–H and O–H groups in total. The van der Waals surface area contributed by atoms with Gasteiger partial charge in [0.2, 0.25) is 0 Å². The van der Waals surface area contributed by atoms with Crippen LogP contribution in [0.2, 0.25) is 5.02 Å². The van der Waals surface area contributed by atoms with Crippen molar-refractivity contribution in [1.82, 2.24) is 0 Å². The Labute approximate surface area is 104 Å². The molecule has 1 aromatic carbocycles. The van der Waals surface area contributed by atoms with E-state index in [9.17, 15) is 4.39 Å². The van der Waals surface area contributed by atoms with Gasteiger partial charge in [-0.1, -0.05) is 11.6 Å². The first-order valence-corrected chi connectivity index (χ1v) is 5.72. The van der Waals surface area contributed by atoms with Gasteiger partial charge in [0, 0.05) is 0 Å². The summed E-state index contributed by atoms with van der Waals surface area (Å²) in [6.45, 7) is 3.81. The fourth-order valence-corrected chi connectivity index (χ4v) is 1.77. The minimum atomic E-state index is -0.320. The monoisotopic (exact) mass is 253 g/mol. The van der Waals surface area contributed by atoms with Gasteiger partial charge in [0.1, 0.15) is 17.3 Å². The number of anilines is 1. The summed E-state index contributed by atoms with van der Waals surface area (Å²) in [5.41, 5.74) is 0.563. The molecule has 0 aliphatic heterocycles. The number of hydrogen-bond donors (Lipinski definition) is 1. The molecule has 0 saturated carbocycles. The quantitative estimate of drug-likeness (QED) is 0.868. The van der Waals surface area contributed by atoms with Crippen LogP contribution in [0.15, 0.2) is 34.7 Å². The molecule has 2 nitrogen and oxygen atoms in total. The van der Waals surface area contributed by atoms with Crippen LogP contribution in [-0.4, -0.2) is 0 Å². The van der Waals surface area contributed by atoms with Gasteiger partial charge in [0.15, 0.2) is 0 Å². The lowest BCUT2D eigenvalue weighted by atomic mass is 10.2. The number of furan rings is 1. The van der Waals surface area contributed by atoms with Gasteiger partial charge in [-0.2, -0.15) is 0 Å². The van der Waals surface area contributed by atoms with Crippen molar-refractivity contribution in [2.24, 2.45) is 0 Å². The Hall–Kier alpha value is -1.48. The minimum absolute atomic E-state index is 0.0667. The van der Waals surface area contributed by atoms with Crippen molar-refractivity contribution in [3.8, 4) is 0 Å². The lowest BCUT2D eigenvalue weighted by Gasteiger charge is -2.14. The van der Waals surface area contributed by atoms with E-state index in [1.54, 1.807) is 0 Å². The SMILES string of the molecule is Cc1ccc(C(C)Nc2cc(F)ccc2Cl)o1. The van der Waals surface area contributed by atoms with Gasteiger partial charge in [0.05, 0.1) is 16.8 Å². The standard InChI is InChI=1S/C13H13ClFNO/c1-8-3-6-13(17-8)9(2)16-12-7-10(15)4-5-11(12)14/h3-7,9,16H,1-2H3. The molecule has 0 radical (unpaired) electrons. The van der Waals surface area contributed by atoms with Crippen molar-refractivity contribution >= 4 is 17.3 Å². The number of nitrogens with one attached hydrogen (secondary N) is 1. The lowest BCUT2D eigenvalue weighted by Crippen LogP contribution is -2.06. The Morgan fingerprint density at radius 2 is 2.06 bits per heavy atom. The molecule has 4 heteroatoms. The topological polar surface area (TPSA) is 25.2 Å². The van der Waals surface area contributed by atoms with Gasteiger partial charge in [-0.25, -0.2) is 4.39 Å². The molecule has 0 aliphatic rings. The number of aryl methyl sites for hydroxylation is 1. The van der Waals surface area contributed by atoms with E-state index < -0.39 is 0 Å². The Bertz CT molecular complexity index is 524. The molecule has 2 aromatic rings. The Balaban J connectivity index is 2.18. The molecule has 90 valence electrons. The van der Waals surface area contributed by atoms with Gasteiger partial charge < -0.3 is 9.73 Å². The summed E-state index contributed by atoms with van der Waals surface area (Å²) in [5, 5.41) is 3.60. The normalized spacial score (nSPS) is 12.5. The van der Waals surface area contributed by atoms with Gasteiger partial charge in [-0.05, 0) is 44.2 Å². The zero-order chi connectivity index (χ0) is 12.4. The van der Waals surface area contributed by atoms with E-state index in [-0.39, 0.29) is 11.9 Å².